The smallest absolute Gasteiger partial charge is 0.316 e. The minimum Gasteiger partial charge on any atom is -0.467 e. The summed E-state index contributed by atoms with van der Waals surface area (Å²) >= 11 is 1.81. The van der Waals surface area contributed by atoms with Gasteiger partial charge in [-0.3, -0.25) is 4.98 Å². The highest BCUT2D eigenvalue weighted by Gasteiger charge is 2.13. The van der Waals surface area contributed by atoms with Crippen molar-refractivity contribution in [3.8, 4) is 46.8 Å². The summed E-state index contributed by atoms with van der Waals surface area (Å²) < 4.78 is 48.5. The quantitative estimate of drug-likeness (QED) is 0.0551. The summed E-state index contributed by atoms with van der Waals surface area (Å²) in [7, 11) is 3.20. The van der Waals surface area contributed by atoms with E-state index in [2.05, 4.69) is 310 Å². The molecule has 0 aliphatic rings. The third kappa shape index (κ3) is 56.6. The van der Waals surface area contributed by atoms with Gasteiger partial charge in [0, 0.05) is 78.1 Å². The first-order chi connectivity index (χ1) is 61.4. The zero-order valence-electron chi connectivity index (χ0n) is 82.8. The number of nitrogens with zero attached hydrogens (tertiary/aromatic N) is 14. The van der Waals surface area contributed by atoms with E-state index >= 15 is 0 Å². The number of benzene rings is 3. The van der Waals surface area contributed by atoms with Crippen molar-refractivity contribution in [3.05, 3.63) is 291 Å². The Bertz CT molecular complexity index is 4880. The molecule has 0 unspecified atom stereocenters. The Kier molecular flexibility index (Phi) is 75.9. The van der Waals surface area contributed by atoms with Crippen molar-refractivity contribution in [2.24, 2.45) is 0 Å². The molecule has 10 aromatic heterocycles. The summed E-state index contributed by atoms with van der Waals surface area (Å²) in [5.41, 5.74) is 15.6. The van der Waals surface area contributed by atoms with E-state index in [-0.39, 0.29) is 71.3 Å². The Balaban J connectivity index is -0.000000343. The summed E-state index contributed by atoms with van der Waals surface area (Å²) in [5.74, 6) is 7.65. The Morgan fingerprint density at radius 2 is 0.781 bits per heavy atom. The van der Waals surface area contributed by atoms with Gasteiger partial charge in [-0.1, -0.05) is 296 Å². The predicted molar refractivity (Wildman–Crippen MR) is 581 cm³/mol. The van der Waals surface area contributed by atoms with Gasteiger partial charge in [0.15, 0.2) is 24.3 Å². The van der Waals surface area contributed by atoms with E-state index in [1.807, 2.05) is 111 Å². The van der Waals surface area contributed by atoms with Gasteiger partial charge in [0.2, 0.25) is 0 Å². The van der Waals surface area contributed by atoms with Crippen LogP contribution in [0.5, 0.6) is 24.0 Å². The zero-order chi connectivity index (χ0) is 95.9. The number of hydrogen-bond acceptors (Lipinski definition) is 23. The van der Waals surface area contributed by atoms with Gasteiger partial charge in [-0.2, -0.15) is 4.98 Å². The van der Waals surface area contributed by atoms with Crippen LogP contribution in [0.2, 0.25) is 0 Å². The molecule has 13 aromatic rings. The Morgan fingerprint density at radius 3 is 1.17 bits per heavy atom. The number of anilines is 1. The van der Waals surface area contributed by atoms with Crippen LogP contribution in [-0.2, 0) is 4.74 Å². The molecule has 10 heterocycles. The highest BCUT2D eigenvalue weighted by atomic mass is 32.1. The second kappa shape index (κ2) is 76.4. The lowest BCUT2D eigenvalue weighted by atomic mass is 10.0. The van der Waals surface area contributed by atoms with Gasteiger partial charge in [-0.15, -0.1) is 11.3 Å². The minimum absolute atomic E-state index is 0. The van der Waals surface area contributed by atoms with Crippen molar-refractivity contribution in [1.82, 2.24) is 69.8 Å². The van der Waals surface area contributed by atoms with Crippen LogP contribution >= 0.6 is 11.3 Å². The van der Waals surface area contributed by atoms with E-state index in [1.165, 1.54) is 51.1 Å². The van der Waals surface area contributed by atoms with Gasteiger partial charge in [0.1, 0.15) is 23.9 Å². The summed E-state index contributed by atoms with van der Waals surface area (Å²) in [6.45, 7) is 63.6. The number of thiazole rings is 1. The van der Waals surface area contributed by atoms with E-state index < -0.39 is 0 Å². The van der Waals surface area contributed by atoms with Crippen molar-refractivity contribution in [3.63, 3.8) is 0 Å². The average molecular weight is 1910 g/mol. The molecule has 24 heteroatoms. The maximum absolute atomic E-state index is 12.5. The Labute approximate surface area is 834 Å². The van der Waals surface area contributed by atoms with E-state index in [9.17, 15) is 4.39 Å². The second-order valence-electron chi connectivity index (χ2n) is 33.6. The molecule has 0 aliphatic heterocycles. The van der Waals surface area contributed by atoms with Crippen molar-refractivity contribution in [2.75, 3.05) is 45.9 Å². The molecular weight excluding hydrogens is 1730 g/mol. The van der Waals surface area contributed by atoms with Gasteiger partial charge < -0.3 is 37.8 Å². The lowest BCUT2D eigenvalue weighted by molar-refractivity contribution is 0.140. The van der Waals surface area contributed by atoms with Crippen LogP contribution in [0.4, 0.5) is 10.2 Å². The van der Waals surface area contributed by atoms with Crippen molar-refractivity contribution >= 4 is 17.2 Å². The molecule has 762 valence electrons. The second-order valence-corrected chi connectivity index (χ2v) is 34.8. The third-order valence-electron chi connectivity index (χ3n) is 18.4. The first kappa shape index (κ1) is 136. The van der Waals surface area contributed by atoms with Gasteiger partial charge in [0.25, 0.3) is 0 Å². The molecule has 0 atom stereocenters. The van der Waals surface area contributed by atoms with Crippen LogP contribution in [0.25, 0.3) is 22.8 Å². The van der Waals surface area contributed by atoms with Gasteiger partial charge in [0.05, 0.1) is 72.3 Å². The SMILES string of the molecule is C.C.C.C.C.C.C.C.CC(C)Oc1nccc(C(C)C)n1.CC(C)c1cc(-c2cnco2)ccn1.CC(C)c1cccc(-c2cnco2)n1.CC(C)c1cccc(F)c1.CC(C)c1ccccc1.CCNc1cccc(C(C)C)n1.CCOc1nccc(C(C)C)n1.COCCOc1nccc(C(C)C)n1.COc1nccc(C(C)C)n1.Cc1cccc(C(C)C)c1.Cc1nc(C(C)C)sc1C. The number of nitrogens with one attached hydrogen (secondary N) is 1. The molecular formula is C113H180FN15O7S. The normalized spacial score (nSPS) is 9.93. The number of halogens is 1. The van der Waals surface area contributed by atoms with E-state index in [0.29, 0.717) is 115 Å². The zero-order valence-corrected chi connectivity index (χ0v) is 83.6. The molecule has 22 nitrogen and oxygen atoms in total. The number of ether oxygens (including phenoxy) is 5. The average Bonchev–Trinajstić information content (AvgIpc) is 1.79. The number of aromatic nitrogens is 14. The summed E-state index contributed by atoms with van der Waals surface area (Å²) in [6.07, 6.45) is 15.0. The summed E-state index contributed by atoms with van der Waals surface area (Å²) in [4.78, 5) is 59.6. The van der Waals surface area contributed by atoms with Crippen LogP contribution in [0.1, 0.15) is 382 Å². The van der Waals surface area contributed by atoms with Gasteiger partial charge in [-0.25, -0.2) is 64.2 Å². The maximum atomic E-state index is 12.5. The van der Waals surface area contributed by atoms with Gasteiger partial charge in [-0.05, 0) is 197 Å². The molecule has 0 fully saturated rings. The highest BCUT2D eigenvalue weighted by Crippen LogP contribution is 2.27. The minimum atomic E-state index is -0.147. The van der Waals surface area contributed by atoms with Crippen LogP contribution in [0.15, 0.2) is 217 Å². The van der Waals surface area contributed by atoms with Crippen LogP contribution in [0.3, 0.4) is 0 Å². The number of pyridine rings is 3. The number of oxazole rings is 2. The molecule has 0 saturated heterocycles. The number of methoxy groups -OCH3 is 2. The van der Waals surface area contributed by atoms with E-state index in [4.69, 9.17) is 32.5 Å². The molecule has 1 N–H and O–H groups in total. The number of rotatable bonds is 24. The monoisotopic (exact) mass is 1910 g/mol. The topological polar surface area (TPSA) is 265 Å². The number of hydrogen-bond donors (Lipinski definition) is 1. The van der Waals surface area contributed by atoms with E-state index in [0.717, 1.165) is 74.8 Å². The fourth-order valence-corrected chi connectivity index (χ4v) is 11.5. The van der Waals surface area contributed by atoms with Crippen molar-refractivity contribution in [1.29, 1.82) is 0 Å². The van der Waals surface area contributed by atoms with Crippen molar-refractivity contribution in [2.45, 2.75) is 331 Å². The Morgan fingerprint density at radius 1 is 0.365 bits per heavy atom. The maximum Gasteiger partial charge on any atom is 0.316 e. The molecule has 0 spiro atoms. The van der Waals surface area contributed by atoms with Crippen molar-refractivity contribution < 1.29 is 36.9 Å². The molecule has 0 aliphatic carbocycles. The fraction of sp³-hybridized carbons (Fsp3) is 0.487. The van der Waals surface area contributed by atoms with Crippen LogP contribution < -0.4 is 24.3 Å². The highest BCUT2D eigenvalue weighted by molar-refractivity contribution is 7.11. The van der Waals surface area contributed by atoms with Crippen LogP contribution in [-0.4, -0.2) is 116 Å². The lowest BCUT2D eigenvalue weighted by Crippen LogP contribution is -2.09. The first-order valence-electron chi connectivity index (χ1n) is 44.9. The largest absolute Gasteiger partial charge is 0.467 e. The van der Waals surface area contributed by atoms with E-state index in [1.54, 1.807) is 69.7 Å². The Hall–Kier alpha value is -11.6. The van der Waals surface area contributed by atoms with Gasteiger partial charge >= 0.3 is 24.0 Å². The molecule has 3 aromatic carbocycles. The molecule has 13 rings (SSSR count). The molecule has 0 radical (unpaired) electrons. The number of aryl methyl sites for hydroxylation is 3. The molecule has 0 amide bonds. The first-order valence-corrected chi connectivity index (χ1v) is 45.7. The predicted octanol–water partition coefficient (Wildman–Crippen LogP) is 32.8. The standard InChI is InChI=1S/2C11H12N2O.C10H16N2O2.C10H16N2O.C10H16N2.C10H14.C9H11F.C9H14N2O.C9H12.C8H12N2O.C8H13NS.8CH4/c1-8(2)10-5-9(3-4-13-10)11-6-12-7-14-11;1-8(2)9-4-3-5-10(13-9)11-6-12-7-14-11;1-8(2)9-4-5-11-10(12-9)14-7-6-13-3;1-7(2)9-5-6-11-10(12-9)13-8(3)4;1-4-11-10-7-5-6-9(12-10)8(2)3;1-8(2)10-6-4-5-9(3)7-10;1-7(2)8-4-3-5-9(10)6-8;1-4-12-9-10-6-5-8(11-9)7(2)3;1-8(2)9-6-4-3-5-7-9;1-6(2)7-4-5-9-8(10-7)11-3;1-5(2)8-9-6(3)7(4)10-8;;;;;;;;/h2*3-8H,1-2H3;4-5,8H,6-7H2,1-3H3;5-8H,1-4H3;5-8H,4H2,1-3H3,(H,11,12);4-8H,1-3H3;3-7H,1-2H3;5-7H,4H2,1-3H3;3-8H,1-2H3;4-6H,1-3H3;5H,1-4H3;8*1H4. The lowest BCUT2D eigenvalue weighted by Gasteiger charge is -2.09. The van der Waals surface area contributed by atoms with Crippen LogP contribution in [0, 0.1) is 26.6 Å². The molecule has 0 saturated carbocycles. The molecule has 0 bridgehead atoms. The summed E-state index contributed by atoms with van der Waals surface area (Å²) in [6, 6.07) is 51.3. The third-order valence-corrected chi connectivity index (χ3v) is 19.8. The summed E-state index contributed by atoms with van der Waals surface area (Å²) in [5, 5.41) is 4.45. The fourth-order valence-electron chi connectivity index (χ4n) is 10.6. The molecule has 137 heavy (non-hydrogen) atoms.